The molecule has 2 N–H and O–H groups in total. The van der Waals surface area contributed by atoms with Gasteiger partial charge in [0.25, 0.3) is 0 Å². The van der Waals surface area contributed by atoms with Gasteiger partial charge in [-0.2, -0.15) is 0 Å². The zero-order chi connectivity index (χ0) is 21.0. The number of hydrogen-bond acceptors (Lipinski definition) is 7. The van der Waals surface area contributed by atoms with E-state index in [4.69, 9.17) is 0 Å². The molecule has 0 saturated carbocycles. The SMILES string of the molecule is C=N/C(=C\c1c(C)nc(C)n1C(C)C)Nc1ccnc(-c2ccc(NC)nc2)n1. The van der Waals surface area contributed by atoms with Crippen LogP contribution in [0.4, 0.5) is 11.6 Å². The minimum atomic E-state index is 0.284. The summed E-state index contributed by atoms with van der Waals surface area (Å²) in [6, 6.07) is 5.88. The predicted octanol–water partition coefficient (Wildman–Crippen LogP) is 4.09. The van der Waals surface area contributed by atoms with E-state index in [1.807, 2.05) is 39.1 Å². The van der Waals surface area contributed by atoms with Crippen LogP contribution < -0.4 is 10.6 Å². The van der Waals surface area contributed by atoms with E-state index in [2.05, 4.69) is 60.7 Å². The molecule has 29 heavy (non-hydrogen) atoms. The number of aromatic nitrogens is 5. The molecule has 8 heteroatoms. The lowest BCUT2D eigenvalue weighted by atomic mass is 10.2. The number of anilines is 2. The first kappa shape index (κ1) is 20.2. The monoisotopic (exact) mass is 390 g/mol. The number of pyridine rings is 1. The fraction of sp³-hybridized carbons (Fsp3) is 0.286. The minimum Gasteiger partial charge on any atom is -0.373 e. The van der Waals surface area contributed by atoms with Crippen molar-refractivity contribution in [1.82, 2.24) is 24.5 Å². The molecule has 3 aromatic heterocycles. The second-order valence-electron chi connectivity index (χ2n) is 6.85. The quantitative estimate of drug-likeness (QED) is 0.590. The summed E-state index contributed by atoms with van der Waals surface area (Å²) in [6.07, 6.45) is 5.37. The molecule has 0 aromatic carbocycles. The van der Waals surface area contributed by atoms with E-state index in [1.54, 1.807) is 18.5 Å². The molecule has 0 atom stereocenters. The molecule has 3 heterocycles. The maximum atomic E-state index is 4.59. The Morgan fingerprint density at radius 3 is 2.55 bits per heavy atom. The van der Waals surface area contributed by atoms with Gasteiger partial charge < -0.3 is 15.2 Å². The molecular weight excluding hydrogens is 364 g/mol. The smallest absolute Gasteiger partial charge is 0.163 e. The highest BCUT2D eigenvalue weighted by Crippen LogP contribution is 2.22. The summed E-state index contributed by atoms with van der Waals surface area (Å²) < 4.78 is 2.17. The minimum absolute atomic E-state index is 0.284. The second-order valence-corrected chi connectivity index (χ2v) is 6.85. The average Bonchev–Trinajstić information content (AvgIpc) is 3.00. The Labute approximate surface area is 170 Å². The summed E-state index contributed by atoms with van der Waals surface area (Å²) >= 11 is 0. The van der Waals surface area contributed by atoms with Gasteiger partial charge in [0, 0.05) is 37.1 Å². The molecule has 0 unspecified atom stereocenters. The van der Waals surface area contributed by atoms with Crippen molar-refractivity contribution in [2.45, 2.75) is 33.7 Å². The van der Waals surface area contributed by atoms with Gasteiger partial charge in [0.15, 0.2) is 5.82 Å². The van der Waals surface area contributed by atoms with Crippen LogP contribution in [0.25, 0.3) is 17.5 Å². The zero-order valence-electron chi connectivity index (χ0n) is 17.4. The van der Waals surface area contributed by atoms with E-state index in [0.717, 1.165) is 28.6 Å². The number of aliphatic imine (C=N–C) groups is 1. The molecule has 0 aliphatic rings. The number of hydrogen-bond donors (Lipinski definition) is 2. The van der Waals surface area contributed by atoms with Crippen LogP contribution in [0.3, 0.4) is 0 Å². The molecule has 0 saturated heterocycles. The lowest BCUT2D eigenvalue weighted by molar-refractivity contribution is 0.578. The van der Waals surface area contributed by atoms with E-state index < -0.39 is 0 Å². The van der Waals surface area contributed by atoms with E-state index in [9.17, 15) is 0 Å². The topological polar surface area (TPSA) is 92.9 Å². The van der Waals surface area contributed by atoms with Gasteiger partial charge in [-0.05, 0) is 52.6 Å². The number of nitrogens with one attached hydrogen (secondary N) is 2. The van der Waals surface area contributed by atoms with Crippen molar-refractivity contribution in [1.29, 1.82) is 0 Å². The average molecular weight is 390 g/mol. The second kappa shape index (κ2) is 8.64. The summed E-state index contributed by atoms with van der Waals surface area (Å²) in [5.74, 6) is 3.54. The van der Waals surface area contributed by atoms with Crippen molar-refractivity contribution in [3.8, 4) is 11.4 Å². The third kappa shape index (κ3) is 4.48. The van der Waals surface area contributed by atoms with Crippen LogP contribution in [0.1, 0.15) is 37.1 Å². The van der Waals surface area contributed by atoms with Crippen LogP contribution in [0.5, 0.6) is 0 Å². The first-order valence-corrected chi connectivity index (χ1v) is 9.41. The lowest BCUT2D eigenvalue weighted by Gasteiger charge is -2.13. The highest BCUT2D eigenvalue weighted by molar-refractivity contribution is 5.62. The van der Waals surface area contributed by atoms with E-state index >= 15 is 0 Å². The number of imidazole rings is 1. The lowest BCUT2D eigenvalue weighted by Crippen LogP contribution is -2.07. The van der Waals surface area contributed by atoms with Gasteiger partial charge in [-0.25, -0.2) is 24.9 Å². The van der Waals surface area contributed by atoms with Crippen LogP contribution in [0, 0.1) is 13.8 Å². The van der Waals surface area contributed by atoms with Crippen molar-refractivity contribution in [3.63, 3.8) is 0 Å². The Bertz CT molecular complexity index is 1030. The van der Waals surface area contributed by atoms with Crippen LogP contribution in [-0.2, 0) is 0 Å². The number of nitrogens with zero attached hydrogens (tertiary/aromatic N) is 6. The summed E-state index contributed by atoms with van der Waals surface area (Å²) in [4.78, 5) is 22.0. The first-order valence-electron chi connectivity index (χ1n) is 9.41. The normalized spacial score (nSPS) is 11.6. The Morgan fingerprint density at radius 2 is 1.93 bits per heavy atom. The number of rotatable bonds is 7. The third-order valence-corrected chi connectivity index (χ3v) is 4.46. The molecule has 0 spiro atoms. The molecule has 0 aliphatic carbocycles. The highest BCUT2D eigenvalue weighted by atomic mass is 15.1. The van der Waals surface area contributed by atoms with Crippen LogP contribution in [-0.4, -0.2) is 38.3 Å². The summed E-state index contributed by atoms with van der Waals surface area (Å²) in [5, 5.41) is 6.21. The van der Waals surface area contributed by atoms with Crippen molar-refractivity contribution >= 4 is 24.4 Å². The van der Waals surface area contributed by atoms with Gasteiger partial charge in [0.1, 0.15) is 23.3 Å². The summed E-state index contributed by atoms with van der Waals surface area (Å²) in [5.41, 5.74) is 2.76. The Hall–Kier alpha value is -3.55. The molecule has 150 valence electrons. The summed E-state index contributed by atoms with van der Waals surface area (Å²) in [7, 11) is 1.83. The number of aryl methyl sites for hydroxylation is 2. The molecule has 0 fully saturated rings. The van der Waals surface area contributed by atoms with Gasteiger partial charge in [-0.15, -0.1) is 0 Å². The maximum absolute atomic E-state index is 4.59. The van der Waals surface area contributed by atoms with E-state index in [-0.39, 0.29) is 6.04 Å². The summed E-state index contributed by atoms with van der Waals surface area (Å²) in [6.45, 7) is 11.9. The van der Waals surface area contributed by atoms with E-state index in [0.29, 0.717) is 17.5 Å². The van der Waals surface area contributed by atoms with Gasteiger partial charge >= 0.3 is 0 Å². The van der Waals surface area contributed by atoms with Crippen molar-refractivity contribution in [2.24, 2.45) is 4.99 Å². The molecule has 0 radical (unpaired) electrons. The molecule has 0 amide bonds. The van der Waals surface area contributed by atoms with Gasteiger partial charge in [0.05, 0.1) is 11.4 Å². The van der Waals surface area contributed by atoms with Crippen LogP contribution in [0.15, 0.2) is 41.4 Å². The standard InChI is InChI=1S/C21H26N8/c1-13(2)29-15(4)26-14(3)17(29)11-20(23-6)27-19-9-10-24-21(28-19)16-7-8-18(22-5)25-12-16/h7-13H,6H2,1-5H3,(H,22,25)(H,24,27,28)/b20-11+. The van der Waals surface area contributed by atoms with Gasteiger partial charge in [-0.1, -0.05) is 0 Å². The first-order chi connectivity index (χ1) is 13.9. The Kier molecular flexibility index (Phi) is 6.01. The van der Waals surface area contributed by atoms with E-state index in [1.165, 1.54) is 0 Å². The molecular formula is C21H26N8. The third-order valence-electron chi connectivity index (χ3n) is 4.46. The maximum Gasteiger partial charge on any atom is 0.163 e. The molecule has 8 nitrogen and oxygen atoms in total. The molecule has 0 aliphatic heterocycles. The Balaban J connectivity index is 1.90. The highest BCUT2D eigenvalue weighted by Gasteiger charge is 2.13. The zero-order valence-corrected chi connectivity index (χ0v) is 17.4. The largest absolute Gasteiger partial charge is 0.373 e. The fourth-order valence-corrected chi connectivity index (χ4v) is 3.15. The molecule has 3 rings (SSSR count). The van der Waals surface area contributed by atoms with Crippen molar-refractivity contribution in [2.75, 3.05) is 17.7 Å². The van der Waals surface area contributed by atoms with Crippen molar-refractivity contribution < 1.29 is 0 Å². The molecule has 3 aromatic rings. The molecule has 0 bridgehead atoms. The Morgan fingerprint density at radius 1 is 1.14 bits per heavy atom. The van der Waals surface area contributed by atoms with Crippen LogP contribution >= 0.6 is 0 Å². The predicted molar refractivity (Wildman–Crippen MR) is 118 cm³/mol. The van der Waals surface area contributed by atoms with Crippen LogP contribution in [0.2, 0.25) is 0 Å². The van der Waals surface area contributed by atoms with Gasteiger partial charge in [-0.3, -0.25) is 0 Å². The van der Waals surface area contributed by atoms with Gasteiger partial charge in [0.2, 0.25) is 0 Å². The van der Waals surface area contributed by atoms with Crippen molar-refractivity contribution in [3.05, 3.63) is 53.6 Å². The fourth-order valence-electron chi connectivity index (χ4n) is 3.15.